The second kappa shape index (κ2) is 11.8. The largest absolute Gasteiger partial charge is 0.507 e. The molecule has 2 aromatic carbocycles. The number of aliphatic hydroxyl groups is 3. The highest BCUT2D eigenvalue weighted by molar-refractivity contribution is 14.1. The Morgan fingerprint density at radius 1 is 1.04 bits per heavy atom. The van der Waals surface area contributed by atoms with Gasteiger partial charge in [0, 0.05) is 35.1 Å². The van der Waals surface area contributed by atoms with Crippen LogP contribution in [0.4, 0.5) is 0 Å². The Morgan fingerprint density at radius 3 is 2.16 bits per heavy atom. The van der Waals surface area contributed by atoms with Crippen molar-refractivity contribution in [2.24, 2.45) is 0 Å². The zero-order chi connectivity index (χ0) is 33.4. The first-order valence-electron chi connectivity index (χ1n) is 14.8. The van der Waals surface area contributed by atoms with Gasteiger partial charge in [0.2, 0.25) is 0 Å². The zero-order valence-electron chi connectivity index (χ0n) is 26.0. The second-order valence-corrected chi connectivity index (χ2v) is 19.9. The first-order chi connectivity index (χ1) is 20.8. The zero-order valence-corrected chi connectivity index (χ0v) is 29.1. The third-order valence-corrected chi connectivity index (χ3v) is 15.5. The predicted octanol–water partition coefficient (Wildman–Crippen LogP) is 3.47. The number of hydrogen-bond acceptors (Lipinski definition) is 11. The van der Waals surface area contributed by atoms with Gasteiger partial charge >= 0.3 is 0 Å². The smallest absolute Gasteiger partial charge is 0.198 e. The fourth-order valence-corrected chi connectivity index (χ4v) is 7.56. The molecule has 1 heterocycles. The lowest BCUT2D eigenvalue weighted by Gasteiger charge is -2.44. The summed E-state index contributed by atoms with van der Waals surface area (Å²) in [4.78, 5) is 40.9. The van der Waals surface area contributed by atoms with Crippen molar-refractivity contribution in [3.63, 3.8) is 0 Å². The number of aliphatic hydroxyl groups excluding tert-OH is 2. The number of hydrogen-bond donors (Lipinski definition) is 5. The lowest BCUT2D eigenvalue weighted by molar-refractivity contribution is -0.259. The maximum absolute atomic E-state index is 13.7. The van der Waals surface area contributed by atoms with Gasteiger partial charge in [-0.3, -0.25) is 14.4 Å². The third-order valence-electron chi connectivity index (χ3n) is 9.73. The summed E-state index contributed by atoms with van der Waals surface area (Å²) in [6.45, 7) is 11.1. The Balaban J connectivity index is 1.62. The number of phenolic OH excluding ortho intramolecular Hbond substituents is 2. The minimum absolute atomic E-state index is 0.0484. The molecule has 0 saturated carbocycles. The highest BCUT2D eigenvalue weighted by atomic mass is 127. The lowest BCUT2D eigenvalue weighted by atomic mass is 9.72. The van der Waals surface area contributed by atoms with Crippen LogP contribution in [0.15, 0.2) is 24.3 Å². The van der Waals surface area contributed by atoms with Crippen LogP contribution < -0.4 is 0 Å². The van der Waals surface area contributed by atoms with E-state index >= 15 is 0 Å². The van der Waals surface area contributed by atoms with Gasteiger partial charge in [-0.15, -0.1) is 0 Å². The number of aromatic hydroxyl groups is 2. The summed E-state index contributed by atoms with van der Waals surface area (Å²) in [7, 11) is -2.42. The van der Waals surface area contributed by atoms with Crippen molar-refractivity contribution in [2.45, 2.75) is 98.9 Å². The highest BCUT2D eigenvalue weighted by Crippen LogP contribution is 2.52. The number of carbonyl (C=O) groups excluding carboxylic acids is 3. The molecule has 244 valence electrons. The van der Waals surface area contributed by atoms with Crippen LogP contribution in [0.5, 0.6) is 11.5 Å². The molecule has 3 aliphatic rings. The number of carbonyl (C=O) groups is 3. The van der Waals surface area contributed by atoms with Crippen molar-refractivity contribution < 1.29 is 53.8 Å². The van der Waals surface area contributed by atoms with Gasteiger partial charge in [-0.2, -0.15) is 0 Å². The minimum atomic E-state index is -2.42. The van der Waals surface area contributed by atoms with Crippen molar-refractivity contribution in [3.05, 3.63) is 57.6 Å². The van der Waals surface area contributed by atoms with E-state index in [1.165, 1.54) is 12.1 Å². The van der Waals surface area contributed by atoms with E-state index < -0.39 is 108 Å². The number of Topliss-reactive ketones (excluding diaryl/α,β-unsaturated/α-hetero) is 1. The molecule has 0 spiro atoms. The minimum Gasteiger partial charge on any atom is -0.507 e. The second-order valence-electron chi connectivity index (χ2n) is 13.7. The fourth-order valence-electron chi connectivity index (χ4n) is 5.87. The van der Waals surface area contributed by atoms with Crippen LogP contribution in [-0.2, 0) is 25.1 Å². The van der Waals surface area contributed by atoms with Crippen molar-refractivity contribution in [1.29, 1.82) is 0 Å². The highest BCUT2D eigenvalue weighted by Gasteiger charge is 2.52. The van der Waals surface area contributed by atoms with E-state index in [1.807, 2.05) is 56.5 Å². The van der Waals surface area contributed by atoms with Gasteiger partial charge in [0.1, 0.15) is 23.2 Å². The van der Waals surface area contributed by atoms with Gasteiger partial charge in [0.25, 0.3) is 0 Å². The molecule has 5 rings (SSSR count). The number of fused-ring (bicyclic) bond motifs is 3. The maximum atomic E-state index is 13.7. The van der Waals surface area contributed by atoms with E-state index in [9.17, 15) is 39.9 Å². The number of halogens is 1. The van der Waals surface area contributed by atoms with Crippen LogP contribution in [-0.4, -0.2) is 91.9 Å². The monoisotopic (exact) mass is 754 g/mol. The first-order valence-corrected chi connectivity index (χ1v) is 19.0. The molecule has 1 unspecified atom stereocenters. The Bertz CT molecular complexity index is 1570. The molecule has 0 aromatic heterocycles. The SMILES string of the molecule is C[C@@H]1O[C@@H](O[C@H]2C[C@](O)(C(=O)CO[Si](C)(C)C(C)(C)C)Cc3c(O)c4c(c(O)c32)C(=O)c2ccccc2C4=O)C(I)[C@H](O)[C@H]1O. The summed E-state index contributed by atoms with van der Waals surface area (Å²) in [5, 5.41) is 55.9. The van der Waals surface area contributed by atoms with E-state index in [1.54, 1.807) is 19.1 Å². The van der Waals surface area contributed by atoms with Crippen molar-refractivity contribution in [2.75, 3.05) is 6.61 Å². The van der Waals surface area contributed by atoms with Gasteiger partial charge in [-0.05, 0) is 25.1 Å². The summed E-state index contributed by atoms with van der Waals surface area (Å²) in [5.41, 5.74) is -3.09. The number of rotatable bonds is 6. The van der Waals surface area contributed by atoms with E-state index in [4.69, 9.17) is 13.9 Å². The molecule has 7 atom stereocenters. The average Bonchev–Trinajstić information content (AvgIpc) is 2.97. The van der Waals surface area contributed by atoms with E-state index in [2.05, 4.69) is 0 Å². The Labute approximate surface area is 275 Å². The Hall–Kier alpha value is -2.24. The summed E-state index contributed by atoms with van der Waals surface area (Å²) in [6.07, 6.45) is -6.74. The van der Waals surface area contributed by atoms with Crippen LogP contribution >= 0.6 is 22.6 Å². The topological polar surface area (TPSA) is 180 Å². The molecule has 45 heavy (non-hydrogen) atoms. The molecule has 1 aliphatic heterocycles. The molecule has 2 aromatic rings. The van der Waals surface area contributed by atoms with Crippen LogP contribution in [0.3, 0.4) is 0 Å². The van der Waals surface area contributed by atoms with Crippen molar-refractivity contribution in [3.8, 4) is 11.5 Å². The quantitative estimate of drug-likeness (QED) is 0.108. The normalized spacial score (nSPS) is 30.0. The van der Waals surface area contributed by atoms with Gasteiger partial charge in [-0.1, -0.05) is 67.6 Å². The molecule has 11 nitrogen and oxygen atoms in total. The molecular weight excluding hydrogens is 715 g/mol. The van der Waals surface area contributed by atoms with Gasteiger partial charge in [0.15, 0.2) is 32.0 Å². The molecule has 0 radical (unpaired) electrons. The third kappa shape index (κ3) is 5.68. The Morgan fingerprint density at radius 2 is 1.60 bits per heavy atom. The van der Waals surface area contributed by atoms with Gasteiger partial charge < -0.3 is 39.4 Å². The molecule has 13 heteroatoms. The predicted molar refractivity (Wildman–Crippen MR) is 172 cm³/mol. The van der Waals surface area contributed by atoms with Crippen LogP contribution in [0.1, 0.15) is 83.2 Å². The van der Waals surface area contributed by atoms with Crippen LogP contribution in [0.2, 0.25) is 18.1 Å². The fraction of sp³-hybridized carbons (Fsp3) is 0.531. The summed E-state index contributed by atoms with van der Waals surface area (Å²) in [6, 6.07) is 6.05. The average molecular weight is 755 g/mol. The first kappa shape index (κ1) is 34.1. The molecule has 1 fully saturated rings. The molecule has 1 saturated heterocycles. The van der Waals surface area contributed by atoms with Gasteiger partial charge in [0.05, 0.1) is 40.0 Å². The molecule has 5 N–H and O–H groups in total. The number of ether oxygens (including phenoxy) is 2. The number of benzene rings is 2. The standard InChI is InChI=1S/C32H39IO11Si/c1-14-24(35)29(40)23(33)30(43-14)44-18-12-32(41,19(34)13-42-45(5,6)31(2,3)4)11-17-20(18)28(39)22-21(27(17)38)25(36)15-9-7-8-10-16(15)26(22)37/h7-10,14,18,23-24,29-30,35,38-41H,11-13H2,1-6H3/t14-,18-,23?,24-,29-,30-,32-/m0/s1. The van der Waals surface area contributed by atoms with Crippen LogP contribution in [0, 0.1) is 0 Å². The number of phenols is 2. The van der Waals surface area contributed by atoms with Crippen molar-refractivity contribution >= 4 is 48.3 Å². The molecule has 2 aliphatic carbocycles. The van der Waals surface area contributed by atoms with E-state index in [0.29, 0.717) is 0 Å². The van der Waals surface area contributed by atoms with Gasteiger partial charge in [-0.25, -0.2) is 0 Å². The van der Waals surface area contributed by atoms with Crippen LogP contribution in [0.25, 0.3) is 0 Å². The Kier molecular flexibility index (Phi) is 8.92. The van der Waals surface area contributed by atoms with Crippen molar-refractivity contribution in [1.82, 2.24) is 0 Å². The lowest BCUT2D eigenvalue weighted by Crippen LogP contribution is -2.56. The summed E-state index contributed by atoms with van der Waals surface area (Å²) >= 11 is 1.86. The van der Waals surface area contributed by atoms with E-state index in [0.717, 1.165) is 0 Å². The van der Waals surface area contributed by atoms with E-state index in [-0.39, 0.29) is 27.3 Å². The number of ketones is 3. The summed E-state index contributed by atoms with van der Waals surface area (Å²) < 4.78 is 17.4. The molecule has 0 bridgehead atoms. The number of alkyl halides is 1. The summed E-state index contributed by atoms with van der Waals surface area (Å²) in [5.74, 6) is -3.31. The maximum Gasteiger partial charge on any atom is 0.198 e. The molecule has 0 amide bonds. The molecular formula is C32H39IO11Si.